The van der Waals surface area contributed by atoms with Crippen molar-refractivity contribution in [3.8, 4) is 5.75 Å². The van der Waals surface area contributed by atoms with Crippen LogP contribution in [0, 0.1) is 6.92 Å². The number of fused-ring (bicyclic) bond motifs is 1. The Bertz CT molecular complexity index is 369. The van der Waals surface area contributed by atoms with Gasteiger partial charge in [-0.2, -0.15) is 0 Å². The summed E-state index contributed by atoms with van der Waals surface area (Å²) in [5.74, 6) is 1.04. The summed E-state index contributed by atoms with van der Waals surface area (Å²) in [7, 11) is 0. The van der Waals surface area contributed by atoms with E-state index in [4.69, 9.17) is 4.74 Å². The molecule has 0 aromatic heterocycles. The molecule has 74 valence electrons. The van der Waals surface area contributed by atoms with E-state index in [0.717, 1.165) is 24.2 Å². The lowest BCUT2D eigenvalue weighted by Gasteiger charge is -2.25. The van der Waals surface area contributed by atoms with Gasteiger partial charge in [0.05, 0.1) is 0 Å². The molecule has 1 unspecified atom stereocenters. The Hall–Kier alpha value is -1.31. The van der Waals surface area contributed by atoms with Crippen LogP contribution in [0.3, 0.4) is 0 Å². The Morgan fingerprint density at radius 3 is 3.00 bits per heavy atom. The van der Waals surface area contributed by atoms with Crippen LogP contribution in [0.5, 0.6) is 5.75 Å². The zero-order valence-electron chi connectivity index (χ0n) is 8.54. The fraction of sp³-hybridized carbons (Fsp3) is 0.417. The van der Waals surface area contributed by atoms with Gasteiger partial charge < -0.3 is 4.74 Å². The first-order valence-corrected chi connectivity index (χ1v) is 4.94. The highest BCUT2D eigenvalue weighted by Gasteiger charge is 2.23. The maximum Gasteiger partial charge on any atom is 0.170 e. The highest BCUT2D eigenvalue weighted by atomic mass is 16.5. The van der Waals surface area contributed by atoms with E-state index in [1.807, 2.05) is 19.1 Å². The van der Waals surface area contributed by atoms with Gasteiger partial charge in [-0.3, -0.25) is 4.79 Å². The molecule has 1 aliphatic rings. The third-order valence-corrected chi connectivity index (χ3v) is 2.68. The van der Waals surface area contributed by atoms with Crippen molar-refractivity contribution in [2.45, 2.75) is 32.8 Å². The van der Waals surface area contributed by atoms with E-state index in [-0.39, 0.29) is 11.9 Å². The molecule has 0 radical (unpaired) electrons. The number of Topliss-reactive ketones (excluding diaryl/α,β-unsaturated/α-hetero) is 1. The number of carbonyl (C=O) groups is 1. The minimum Gasteiger partial charge on any atom is -0.482 e. The van der Waals surface area contributed by atoms with Crippen molar-refractivity contribution in [1.82, 2.24) is 0 Å². The van der Waals surface area contributed by atoms with Crippen molar-refractivity contribution < 1.29 is 9.53 Å². The number of benzene rings is 1. The van der Waals surface area contributed by atoms with Gasteiger partial charge in [-0.25, -0.2) is 0 Å². The second-order valence-electron chi connectivity index (χ2n) is 3.82. The highest BCUT2D eigenvalue weighted by Crippen LogP contribution is 2.30. The largest absolute Gasteiger partial charge is 0.482 e. The molecule has 1 atom stereocenters. The summed E-state index contributed by atoms with van der Waals surface area (Å²) in [6.45, 7) is 3.61. The quantitative estimate of drug-likeness (QED) is 0.679. The van der Waals surface area contributed by atoms with E-state index in [1.165, 1.54) is 5.56 Å². The number of ether oxygens (including phenoxy) is 1. The molecule has 0 aliphatic carbocycles. The Morgan fingerprint density at radius 2 is 2.29 bits per heavy atom. The molecule has 0 spiro atoms. The molecule has 0 saturated carbocycles. The standard InChI is InChI=1S/C12H14O2/c1-8-4-3-5-10-6-7-11(9(2)13)14-12(8)10/h3-5,11H,6-7H2,1-2H3. The van der Waals surface area contributed by atoms with Gasteiger partial charge in [-0.15, -0.1) is 0 Å². The monoisotopic (exact) mass is 190 g/mol. The van der Waals surface area contributed by atoms with Gasteiger partial charge in [0, 0.05) is 0 Å². The van der Waals surface area contributed by atoms with Crippen molar-refractivity contribution in [2.75, 3.05) is 0 Å². The summed E-state index contributed by atoms with van der Waals surface area (Å²) < 4.78 is 5.67. The number of carbonyl (C=O) groups excluding carboxylic acids is 1. The topological polar surface area (TPSA) is 26.3 Å². The minimum atomic E-state index is -0.233. The lowest BCUT2D eigenvalue weighted by atomic mass is 9.98. The predicted octanol–water partition coefficient (Wildman–Crippen LogP) is 2.28. The lowest BCUT2D eigenvalue weighted by Crippen LogP contribution is -2.29. The summed E-state index contributed by atoms with van der Waals surface area (Å²) in [5.41, 5.74) is 2.34. The van der Waals surface area contributed by atoms with E-state index >= 15 is 0 Å². The number of para-hydroxylation sites is 1. The first-order chi connectivity index (χ1) is 6.68. The molecule has 1 aromatic carbocycles. The molecule has 0 N–H and O–H groups in total. The summed E-state index contributed by atoms with van der Waals surface area (Å²) in [5, 5.41) is 0. The molecule has 14 heavy (non-hydrogen) atoms. The molecular weight excluding hydrogens is 176 g/mol. The molecule has 2 heteroatoms. The van der Waals surface area contributed by atoms with Crippen LogP contribution in [0.15, 0.2) is 18.2 Å². The van der Waals surface area contributed by atoms with Crippen molar-refractivity contribution in [3.05, 3.63) is 29.3 Å². The van der Waals surface area contributed by atoms with Gasteiger partial charge in [0.15, 0.2) is 11.9 Å². The number of aryl methyl sites for hydroxylation is 2. The van der Waals surface area contributed by atoms with E-state index in [9.17, 15) is 4.79 Å². The normalized spacial score (nSPS) is 19.7. The average molecular weight is 190 g/mol. The first-order valence-electron chi connectivity index (χ1n) is 4.94. The smallest absolute Gasteiger partial charge is 0.170 e. The van der Waals surface area contributed by atoms with Crippen LogP contribution in [-0.2, 0) is 11.2 Å². The fourth-order valence-electron chi connectivity index (χ4n) is 1.85. The Balaban J connectivity index is 2.33. The maximum atomic E-state index is 11.2. The summed E-state index contributed by atoms with van der Waals surface area (Å²) in [6, 6.07) is 6.12. The lowest BCUT2D eigenvalue weighted by molar-refractivity contribution is -0.124. The highest BCUT2D eigenvalue weighted by molar-refractivity contribution is 5.81. The predicted molar refractivity (Wildman–Crippen MR) is 54.6 cm³/mol. The molecule has 2 nitrogen and oxygen atoms in total. The Morgan fingerprint density at radius 1 is 1.50 bits per heavy atom. The second kappa shape index (κ2) is 3.45. The summed E-state index contributed by atoms with van der Waals surface area (Å²) in [4.78, 5) is 11.2. The van der Waals surface area contributed by atoms with E-state index in [2.05, 4.69) is 6.07 Å². The average Bonchev–Trinajstić information content (AvgIpc) is 2.18. The third kappa shape index (κ3) is 1.52. The molecule has 0 bridgehead atoms. The molecule has 0 saturated heterocycles. The SMILES string of the molecule is CC(=O)C1CCc2cccc(C)c2O1. The van der Waals surface area contributed by atoms with Crippen molar-refractivity contribution in [1.29, 1.82) is 0 Å². The molecule has 1 heterocycles. The Kier molecular flexibility index (Phi) is 2.28. The number of ketones is 1. The van der Waals surface area contributed by atoms with Gasteiger partial charge in [-0.05, 0) is 37.8 Å². The van der Waals surface area contributed by atoms with Gasteiger partial charge >= 0.3 is 0 Å². The molecule has 0 fully saturated rings. The number of hydrogen-bond donors (Lipinski definition) is 0. The van der Waals surface area contributed by atoms with Crippen LogP contribution < -0.4 is 4.74 Å². The van der Waals surface area contributed by atoms with Crippen molar-refractivity contribution in [2.24, 2.45) is 0 Å². The molecular formula is C12H14O2. The van der Waals surface area contributed by atoms with Crippen LogP contribution >= 0.6 is 0 Å². The zero-order valence-corrected chi connectivity index (χ0v) is 8.54. The van der Waals surface area contributed by atoms with Crippen molar-refractivity contribution >= 4 is 5.78 Å². The summed E-state index contributed by atoms with van der Waals surface area (Å²) >= 11 is 0. The molecule has 0 amide bonds. The third-order valence-electron chi connectivity index (χ3n) is 2.68. The van der Waals surface area contributed by atoms with E-state index in [1.54, 1.807) is 6.92 Å². The zero-order chi connectivity index (χ0) is 10.1. The second-order valence-corrected chi connectivity index (χ2v) is 3.82. The van der Waals surface area contributed by atoms with Gasteiger partial charge in [0.1, 0.15) is 5.75 Å². The molecule has 1 aliphatic heterocycles. The maximum absolute atomic E-state index is 11.2. The number of hydrogen-bond acceptors (Lipinski definition) is 2. The molecule has 1 aromatic rings. The summed E-state index contributed by atoms with van der Waals surface area (Å²) in [6.07, 6.45) is 1.52. The van der Waals surface area contributed by atoms with Gasteiger partial charge in [-0.1, -0.05) is 18.2 Å². The van der Waals surface area contributed by atoms with Crippen LogP contribution in [0.2, 0.25) is 0 Å². The van der Waals surface area contributed by atoms with Crippen LogP contribution in [-0.4, -0.2) is 11.9 Å². The van der Waals surface area contributed by atoms with E-state index in [0.29, 0.717) is 0 Å². The first kappa shape index (κ1) is 9.25. The molecule has 2 rings (SSSR count). The van der Waals surface area contributed by atoms with Crippen molar-refractivity contribution in [3.63, 3.8) is 0 Å². The Labute approximate surface area is 83.9 Å². The van der Waals surface area contributed by atoms with Crippen LogP contribution in [0.4, 0.5) is 0 Å². The number of rotatable bonds is 1. The minimum absolute atomic E-state index is 0.124. The fourth-order valence-corrected chi connectivity index (χ4v) is 1.85. The van der Waals surface area contributed by atoms with Gasteiger partial charge in [0.2, 0.25) is 0 Å². The van der Waals surface area contributed by atoms with Crippen LogP contribution in [0.25, 0.3) is 0 Å². The van der Waals surface area contributed by atoms with Gasteiger partial charge in [0.25, 0.3) is 0 Å². The van der Waals surface area contributed by atoms with E-state index < -0.39 is 0 Å². The van der Waals surface area contributed by atoms with Crippen LogP contribution in [0.1, 0.15) is 24.5 Å².